The molecule has 0 fully saturated rings. The number of ketones is 1. The summed E-state index contributed by atoms with van der Waals surface area (Å²) >= 11 is 0. The van der Waals surface area contributed by atoms with Crippen LogP contribution in [-0.4, -0.2) is 27.8 Å². The van der Waals surface area contributed by atoms with Gasteiger partial charge in [-0.3, -0.25) is 4.79 Å². The van der Waals surface area contributed by atoms with Gasteiger partial charge in [0, 0.05) is 12.2 Å². The lowest BCUT2D eigenvalue weighted by atomic mass is 10.2. The second kappa shape index (κ2) is 5.27. The summed E-state index contributed by atoms with van der Waals surface area (Å²) in [6.45, 7) is 0. The van der Waals surface area contributed by atoms with Crippen LogP contribution in [-0.2, 0) is 0 Å². The lowest BCUT2D eigenvalue weighted by molar-refractivity contribution is 0.0985. The molecule has 0 saturated heterocycles. The van der Waals surface area contributed by atoms with Crippen molar-refractivity contribution in [3.05, 3.63) is 18.2 Å². The first-order valence-corrected chi connectivity index (χ1v) is 6.24. The predicted octanol–water partition coefficient (Wildman–Crippen LogP) is 1.99. The number of nitrogens with one attached hydrogen (secondary N) is 1. The smallest absolute Gasteiger partial charge is 0.181 e. The van der Waals surface area contributed by atoms with Gasteiger partial charge in [0.05, 0.1) is 12.5 Å². The van der Waals surface area contributed by atoms with E-state index in [0.29, 0.717) is 12.1 Å². The fourth-order valence-electron chi connectivity index (χ4n) is 0.761. The first kappa shape index (κ1) is 9.67. The summed E-state index contributed by atoms with van der Waals surface area (Å²) in [7, 11) is 3.37. The minimum atomic E-state index is 0.133. The van der Waals surface area contributed by atoms with Crippen LogP contribution in [0, 0.1) is 0 Å². The third-order valence-electron chi connectivity index (χ3n) is 1.33. The molecule has 0 aliphatic heterocycles. The summed E-state index contributed by atoms with van der Waals surface area (Å²) in [6.07, 6.45) is 5.67. The topological polar surface area (TPSA) is 45.8 Å². The van der Waals surface area contributed by atoms with Crippen LogP contribution >= 0.6 is 21.6 Å². The van der Waals surface area contributed by atoms with E-state index in [2.05, 4.69) is 9.97 Å². The second-order valence-electron chi connectivity index (χ2n) is 2.13. The maximum atomic E-state index is 11.3. The highest BCUT2D eigenvalue weighted by Gasteiger charge is 2.05. The second-order valence-corrected chi connectivity index (χ2v) is 4.81. The number of hydrogen-bond donors (Lipinski definition) is 1. The summed E-state index contributed by atoms with van der Waals surface area (Å²) in [4.78, 5) is 17.9. The van der Waals surface area contributed by atoms with Gasteiger partial charge in [-0.05, 0) is 6.26 Å². The first-order chi connectivity index (χ1) is 5.84. The van der Waals surface area contributed by atoms with Gasteiger partial charge in [-0.15, -0.1) is 0 Å². The van der Waals surface area contributed by atoms with Crippen molar-refractivity contribution >= 4 is 27.4 Å². The summed E-state index contributed by atoms with van der Waals surface area (Å²) < 4.78 is 0. The van der Waals surface area contributed by atoms with Gasteiger partial charge >= 0.3 is 0 Å². The van der Waals surface area contributed by atoms with Crippen LogP contribution in [0.1, 0.15) is 16.9 Å². The molecule has 0 spiro atoms. The molecule has 0 atom stereocenters. The van der Waals surface area contributed by atoms with Crippen LogP contribution in [0.3, 0.4) is 0 Å². The van der Waals surface area contributed by atoms with Crippen LogP contribution in [0.4, 0.5) is 0 Å². The van der Waals surface area contributed by atoms with Crippen LogP contribution in [0.25, 0.3) is 0 Å². The van der Waals surface area contributed by atoms with Gasteiger partial charge in [0.1, 0.15) is 5.69 Å². The molecule has 0 aliphatic rings. The molecule has 0 aromatic carbocycles. The number of carbonyl (C=O) groups is 1. The van der Waals surface area contributed by atoms with Crippen molar-refractivity contribution in [2.45, 2.75) is 6.42 Å². The average Bonchev–Trinajstić information content (AvgIpc) is 2.56. The molecule has 0 saturated carbocycles. The molecule has 12 heavy (non-hydrogen) atoms. The lowest BCUT2D eigenvalue weighted by Gasteiger charge is -1.95. The highest BCUT2D eigenvalue weighted by molar-refractivity contribution is 8.76. The average molecular weight is 202 g/mol. The number of nitrogens with zero attached hydrogens (tertiary/aromatic N) is 1. The maximum absolute atomic E-state index is 11.3. The normalized spacial score (nSPS) is 10.1. The van der Waals surface area contributed by atoms with Crippen molar-refractivity contribution in [1.29, 1.82) is 0 Å². The molecule has 66 valence electrons. The van der Waals surface area contributed by atoms with Gasteiger partial charge < -0.3 is 4.98 Å². The van der Waals surface area contributed by atoms with Crippen molar-refractivity contribution in [3.63, 3.8) is 0 Å². The number of carbonyl (C=O) groups excluding carboxylic acids is 1. The highest BCUT2D eigenvalue weighted by Crippen LogP contribution is 2.18. The van der Waals surface area contributed by atoms with E-state index in [1.165, 1.54) is 6.33 Å². The number of rotatable bonds is 5. The van der Waals surface area contributed by atoms with Crippen molar-refractivity contribution in [1.82, 2.24) is 9.97 Å². The zero-order chi connectivity index (χ0) is 8.81. The molecule has 0 radical (unpaired) electrons. The van der Waals surface area contributed by atoms with Gasteiger partial charge in [0.25, 0.3) is 0 Å². The minimum Gasteiger partial charge on any atom is -0.342 e. The molecule has 0 aliphatic carbocycles. The van der Waals surface area contributed by atoms with E-state index >= 15 is 0 Å². The molecule has 5 heteroatoms. The Morgan fingerprint density at radius 3 is 3.17 bits per heavy atom. The monoisotopic (exact) mass is 202 g/mol. The van der Waals surface area contributed by atoms with Crippen molar-refractivity contribution in [2.24, 2.45) is 0 Å². The Bertz CT molecular complexity index is 236. The molecule has 0 bridgehead atoms. The Morgan fingerprint density at radius 1 is 1.75 bits per heavy atom. The standard InChI is InChI=1S/C7H10N2OS2/c1-11-12-3-2-7(10)6-4-8-5-9-6/h4-5H,2-3H2,1H3,(H,8,9). The number of aromatic amines is 1. The Labute approximate surface area is 79.1 Å². The van der Waals surface area contributed by atoms with Gasteiger partial charge in [-0.1, -0.05) is 21.6 Å². The third-order valence-corrected chi connectivity index (χ3v) is 3.14. The van der Waals surface area contributed by atoms with E-state index < -0.39 is 0 Å². The number of hydrogen-bond acceptors (Lipinski definition) is 4. The fraction of sp³-hybridized carbons (Fsp3) is 0.429. The van der Waals surface area contributed by atoms with Crippen LogP contribution in [0.2, 0.25) is 0 Å². The molecule has 3 nitrogen and oxygen atoms in total. The number of Topliss-reactive ketones (excluding diaryl/α,β-unsaturated/α-hetero) is 1. The molecular weight excluding hydrogens is 192 g/mol. The maximum Gasteiger partial charge on any atom is 0.181 e. The van der Waals surface area contributed by atoms with E-state index in [0.717, 1.165) is 5.75 Å². The number of imidazole rings is 1. The van der Waals surface area contributed by atoms with E-state index in [9.17, 15) is 4.79 Å². The highest BCUT2D eigenvalue weighted by atomic mass is 33.1. The fourth-order valence-corrected chi connectivity index (χ4v) is 1.95. The zero-order valence-electron chi connectivity index (χ0n) is 6.74. The molecular formula is C7H10N2OS2. The van der Waals surface area contributed by atoms with Crippen molar-refractivity contribution < 1.29 is 4.79 Å². The van der Waals surface area contributed by atoms with E-state index in [1.54, 1.807) is 27.8 Å². The molecule has 1 N–H and O–H groups in total. The quantitative estimate of drug-likeness (QED) is 0.450. The molecule has 1 aromatic rings. The Balaban J connectivity index is 2.30. The third kappa shape index (κ3) is 2.91. The van der Waals surface area contributed by atoms with Crippen LogP contribution in [0.5, 0.6) is 0 Å². The molecule has 1 heterocycles. The van der Waals surface area contributed by atoms with Gasteiger partial charge in [0.15, 0.2) is 5.78 Å². The zero-order valence-corrected chi connectivity index (χ0v) is 8.37. The Hall–Kier alpha value is -0.420. The number of aromatic nitrogens is 2. The summed E-state index contributed by atoms with van der Waals surface area (Å²) in [6, 6.07) is 0. The summed E-state index contributed by atoms with van der Waals surface area (Å²) in [5, 5.41) is 0. The summed E-state index contributed by atoms with van der Waals surface area (Å²) in [5.41, 5.74) is 0.608. The molecule has 1 rings (SSSR count). The molecule has 0 unspecified atom stereocenters. The van der Waals surface area contributed by atoms with E-state index in [-0.39, 0.29) is 5.78 Å². The molecule has 0 amide bonds. The largest absolute Gasteiger partial charge is 0.342 e. The predicted molar refractivity (Wildman–Crippen MR) is 53.5 cm³/mol. The van der Waals surface area contributed by atoms with E-state index in [1.807, 2.05) is 6.26 Å². The molecule has 1 aromatic heterocycles. The van der Waals surface area contributed by atoms with Crippen molar-refractivity contribution in [3.8, 4) is 0 Å². The van der Waals surface area contributed by atoms with Gasteiger partial charge in [-0.25, -0.2) is 4.98 Å². The Morgan fingerprint density at radius 2 is 2.58 bits per heavy atom. The SMILES string of the molecule is CSSCCC(=O)c1cnc[nH]1. The van der Waals surface area contributed by atoms with Crippen LogP contribution in [0.15, 0.2) is 12.5 Å². The first-order valence-electron chi connectivity index (χ1n) is 3.52. The van der Waals surface area contributed by atoms with Gasteiger partial charge in [0.2, 0.25) is 0 Å². The van der Waals surface area contributed by atoms with Crippen LogP contribution < -0.4 is 0 Å². The minimum absolute atomic E-state index is 0.133. The Kier molecular flexibility index (Phi) is 4.24. The van der Waals surface area contributed by atoms with Crippen molar-refractivity contribution in [2.75, 3.05) is 12.0 Å². The van der Waals surface area contributed by atoms with E-state index in [4.69, 9.17) is 0 Å². The lowest BCUT2D eigenvalue weighted by Crippen LogP contribution is -1.99. The summed E-state index contributed by atoms with van der Waals surface area (Å²) in [5.74, 6) is 0.994. The number of H-pyrrole nitrogens is 1. The van der Waals surface area contributed by atoms with Gasteiger partial charge in [-0.2, -0.15) is 0 Å².